The second kappa shape index (κ2) is 6.06. The number of imidazole rings is 1. The summed E-state index contributed by atoms with van der Waals surface area (Å²) < 4.78 is 4.69. The number of hydrogen-bond acceptors (Lipinski definition) is 3. The van der Waals surface area contributed by atoms with Crippen LogP contribution in [0.2, 0.25) is 0 Å². The molecule has 1 aliphatic rings. The molecule has 0 saturated heterocycles. The first-order valence-electron chi connectivity index (χ1n) is 8.88. The van der Waals surface area contributed by atoms with Crippen molar-refractivity contribution in [3.8, 4) is 0 Å². The molecule has 1 saturated carbocycles. The molecular weight excluding hydrogens is 318 g/mol. The summed E-state index contributed by atoms with van der Waals surface area (Å²) in [4.78, 5) is 25.1. The van der Waals surface area contributed by atoms with E-state index in [1.807, 2.05) is 35.9 Å². The number of hydrogen-bond donors (Lipinski definition) is 1. The van der Waals surface area contributed by atoms with E-state index in [0.717, 1.165) is 30.3 Å². The molecular formula is C18H23N5O2. The molecule has 1 fully saturated rings. The minimum absolute atomic E-state index is 0.0436. The van der Waals surface area contributed by atoms with Gasteiger partial charge in [0.1, 0.15) is 6.54 Å². The van der Waals surface area contributed by atoms with Gasteiger partial charge in [0.2, 0.25) is 11.7 Å². The molecule has 2 aromatic heterocycles. The van der Waals surface area contributed by atoms with E-state index in [9.17, 15) is 9.59 Å². The first kappa shape index (κ1) is 15.9. The van der Waals surface area contributed by atoms with E-state index in [0.29, 0.717) is 11.7 Å². The van der Waals surface area contributed by atoms with E-state index in [2.05, 4.69) is 17.3 Å². The fourth-order valence-corrected chi connectivity index (χ4v) is 3.89. The molecule has 7 nitrogen and oxygen atoms in total. The third kappa shape index (κ3) is 2.63. The number of benzene rings is 1. The van der Waals surface area contributed by atoms with Crippen LogP contribution < -0.4 is 11.0 Å². The van der Waals surface area contributed by atoms with Crippen molar-refractivity contribution in [2.45, 2.75) is 45.2 Å². The molecule has 25 heavy (non-hydrogen) atoms. The number of carbonyl (C=O) groups is 1. The number of rotatable bonds is 3. The highest BCUT2D eigenvalue weighted by Crippen LogP contribution is 2.23. The Morgan fingerprint density at radius 3 is 2.72 bits per heavy atom. The zero-order valence-corrected chi connectivity index (χ0v) is 14.6. The zero-order valence-electron chi connectivity index (χ0n) is 14.6. The van der Waals surface area contributed by atoms with E-state index < -0.39 is 0 Å². The van der Waals surface area contributed by atoms with E-state index in [1.165, 1.54) is 11.1 Å². The third-order valence-corrected chi connectivity index (χ3v) is 5.36. The lowest BCUT2D eigenvalue weighted by Crippen LogP contribution is -2.43. The second-order valence-electron chi connectivity index (χ2n) is 7.06. The zero-order chi connectivity index (χ0) is 17.6. The Balaban J connectivity index is 1.62. The van der Waals surface area contributed by atoms with Crippen LogP contribution in [0.4, 0.5) is 0 Å². The maximum atomic E-state index is 12.7. The van der Waals surface area contributed by atoms with Crippen molar-refractivity contribution in [1.82, 2.24) is 24.1 Å². The summed E-state index contributed by atoms with van der Waals surface area (Å²) >= 11 is 0. The maximum absolute atomic E-state index is 12.7. The van der Waals surface area contributed by atoms with Crippen LogP contribution >= 0.6 is 0 Å². The van der Waals surface area contributed by atoms with Gasteiger partial charge in [-0.05, 0) is 30.9 Å². The van der Waals surface area contributed by atoms with Crippen LogP contribution in [0.25, 0.3) is 16.8 Å². The number of nitrogens with one attached hydrogen (secondary N) is 1. The van der Waals surface area contributed by atoms with Crippen LogP contribution in [0.1, 0.15) is 32.6 Å². The summed E-state index contributed by atoms with van der Waals surface area (Å²) in [5, 5.41) is 7.45. The topological polar surface area (TPSA) is 73.3 Å². The molecule has 2 unspecified atom stereocenters. The molecule has 0 aliphatic heterocycles. The van der Waals surface area contributed by atoms with Gasteiger partial charge in [-0.1, -0.05) is 31.9 Å². The van der Waals surface area contributed by atoms with Gasteiger partial charge in [0.25, 0.3) is 0 Å². The van der Waals surface area contributed by atoms with Gasteiger partial charge in [0.15, 0.2) is 0 Å². The van der Waals surface area contributed by atoms with Crippen molar-refractivity contribution in [3.63, 3.8) is 0 Å². The van der Waals surface area contributed by atoms with Crippen molar-refractivity contribution in [1.29, 1.82) is 0 Å². The molecule has 0 bridgehead atoms. The van der Waals surface area contributed by atoms with Gasteiger partial charge in [0, 0.05) is 13.1 Å². The SMILES string of the molecule is CC1CCCCC1NC(=O)Cn1nc2n(C)c3ccccc3n2c1=O. The largest absolute Gasteiger partial charge is 0.352 e. The first-order valence-corrected chi connectivity index (χ1v) is 8.88. The highest BCUT2D eigenvalue weighted by atomic mass is 16.2. The van der Waals surface area contributed by atoms with Gasteiger partial charge in [-0.25, -0.2) is 13.9 Å². The average Bonchev–Trinajstić information content (AvgIpc) is 3.06. The normalized spacial score (nSPS) is 21.0. The molecule has 0 radical (unpaired) electrons. The minimum atomic E-state index is -0.279. The Morgan fingerprint density at radius 1 is 1.24 bits per heavy atom. The van der Waals surface area contributed by atoms with Gasteiger partial charge in [-0.2, -0.15) is 0 Å². The summed E-state index contributed by atoms with van der Waals surface area (Å²) in [6.07, 6.45) is 4.53. The Labute approximate surface area is 145 Å². The molecule has 0 spiro atoms. The molecule has 1 N–H and O–H groups in total. The average molecular weight is 341 g/mol. The quantitative estimate of drug-likeness (QED) is 0.788. The molecule has 132 valence electrons. The molecule has 1 aromatic carbocycles. The van der Waals surface area contributed by atoms with Crippen molar-refractivity contribution in [2.24, 2.45) is 13.0 Å². The number of aromatic nitrogens is 4. The van der Waals surface area contributed by atoms with Crippen LogP contribution in [-0.4, -0.2) is 30.7 Å². The molecule has 7 heteroatoms. The number of aryl methyl sites for hydroxylation is 1. The maximum Gasteiger partial charge on any atom is 0.352 e. The lowest BCUT2D eigenvalue weighted by Gasteiger charge is -2.29. The fourth-order valence-electron chi connectivity index (χ4n) is 3.89. The van der Waals surface area contributed by atoms with Crippen molar-refractivity contribution < 1.29 is 4.79 Å². The summed E-state index contributed by atoms with van der Waals surface area (Å²) in [5.74, 6) is 0.887. The second-order valence-corrected chi connectivity index (χ2v) is 7.06. The highest BCUT2D eigenvalue weighted by molar-refractivity contribution is 5.80. The summed E-state index contributed by atoms with van der Waals surface area (Å²) in [7, 11) is 1.87. The lowest BCUT2D eigenvalue weighted by atomic mass is 9.86. The summed E-state index contributed by atoms with van der Waals surface area (Å²) in [6, 6.07) is 7.86. The first-order chi connectivity index (χ1) is 12.1. The Kier molecular flexibility index (Phi) is 3.86. The number of para-hydroxylation sites is 2. The van der Waals surface area contributed by atoms with Crippen molar-refractivity contribution in [3.05, 3.63) is 34.7 Å². The number of fused-ring (bicyclic) bond motifs is 3. The minimum Gasteiger partial charge on any atom is -0.351 e. The number of nitrogens with zero attached hydrogens (tertiary/aromatic N) is 4. The van der Waals surface area contributed by atoms with Crippen LogP contribution in [0.15, 0.2) is 29.1 Å². The smallest absolute Gasteiger partial charge is 0.351 e. The predicted octanol–water partition coefficient (Wildman–Crippen LogP) is 1.68. The van der Waals surface area contributed by atoms with Gasteiger partial charge in [-0.15, -0.1) is 5.10 Å². The predicted molar refractivity (Wildman–Crippen MR) is 95.5 cm³/mol. The van der Waals surface area contributed by atoms with Gasteiger partial charge < -0.3 is 9.88 Å². The van der Waals surface area contributed by atoms with Gasteiger partial charge in [-0.3, -0.25) is 4.79 Å². The molecule has 4 rings (SSSR count). The van der Waals surface area contributed by atoms with Crippen molar-refractivity contribution >= 4 is 22.7 Å². The monoisotopic (exact) mass is 341 g/mol. The lowest BCUT2D eigenvalue weighted by molar-refractivity contribution is -0.123. The highest BCUT2D eigenvalue weighted by Gasteiger charge is 2.24. The number of carbonyl (C=O) groups excluding carboxylic acids is 1. The van der Waals surface area contributed by atoms with E-state index in [1.54, 1.807) is 4.40 Å². The van der Waals surface area contributed by atoms with E-state index >= 15 is 0 Å². The Hall–Kier alpha value is -2.57. The van der Waals surface area contributed by atoms with Gasteiger partial charge >= 0.3 is 5.69 Å². The molecule has 3 aromatic rings. The van der Waals surface area contributed by atoms with E-state index in [4.69, 9.17) is 0 Å². The Bertz CT molecular complexity index is 996. The molecule has 2 atom stereocenters. The van der Waals surface area contributed by atoms with Crippen LogP contribution in [0.5, 0.6) is 0 Å². The molecule has 1 aliphatic carbocycles. The fraction of sp³-hybridized carbons (Fsp3) is 0.500. The van der Waals surface area contributed by atoms with Crippen molar-refractivity contribution in [2.75, 3.05) is 0 Å². The van der Waals surface area contributed by atoms with Crippen LogP contribution in [0.3, 0.4) is 0 Å². The van der Waals surface area contributed by atoms with Crippen LogP contribution in [-0.2, 0) is 18.4 Å². The third-order valence-electron chi connectivity index (χ3n) is 5.36. The standard InChI is InChI=1S/C18H23N5O2/c1-12-7-3-4-8-13(12)19-16(24)11-22-18(25)23-15-10-6-5-9-14(15)21(2)17(23)20-22/h5-6,9-10,12-13H,3-4,7-8,11H2,1-2H3,(H,19,24). The molecule has 1 amide bonds. The van der Waals surface area contributed by atoms with Gasteiger partial charge in [0.05, 0.1) is 11.0 Å². The molecule has 2 heterocycles. The summed E-state index contributed by atoms with van der Waals surface area (Å²) in [5.41, 5.74) is 1.46. The summed E-state index contributed by atoms with van der Waals surface area (Å²) in [6.45, 7) is 2.13. The van der Waals surface area contributed by atoms with Crippen LogP contribution in [0, 0.1) is 5.92 Å². The number of amides is 1. The van der Waals surface area contributed by atoms with E-state index in [-0.39, 0.29) is 24.2 Å². The Morgan fingerprint density at radius 2 is 1.96 bits per heavy atom.